The Kier molecular flexibility index (Phi) is 4.84. The first kappa shape index (κ1) is 14.6. The lowest BCUT2D eigenvalue weighted by Gasteiger charge is -2.22. The zero-order valence-electron chi connectivity index (χ0n) is 11.0. The van der Waals surface area contributed by atoms with Crippen molar-refractivity contribution in [1.82, 2.24) is 9.69 Å². The van der Waals surface area contributed by atoms with E-state index in [0.29, 0.717) is 12.0 Å². The highest BCUT2D eigenvalue weighted by molar-refractivity contribution is 7.03. The van der Waals surface area contributed by atoms with Crippen LogP contribution >= 0.6 is 11.5 Å². The molecule has 0 fully saturated rings. The van der Waals surface area contributed by atoms with E-state index in [2.05, 4.69) is 9.69 Å². The van der Waals surface area contributed by atoms with E-state index >= 15 is 0 Å². The van der Waals surface area contributed by atoms with Crippen LogP contribution in [0.4, 0.5) is 4.79 Å². The summed E-state index contributed by atoms with van der Waals surface area (Å²) in [5, 5.41) is 4.25. The Balaban J connectivity index is 2.63. The van der Waals surface area contributed by atoms with Crippen LogP contribution in [-0.4, -0.2) is 27.9 Å². The number of aromatic nitrogens is 1. The number of carbonyl (C=O) groups excluding carboxylic acids is 2. The second-order valence-electron chi connectivity index (χ2n) is 4.88. The van der Waals surface area contributed by atoms with Crippen LogP contribution in [0.3, 0.4) is 0 Å². The smallest absolute Gasteiger partial charge is 0.408 e. The summed E-state index contributed by atoms with van der Waals surface area (Å²) in [4.78, 5) is 23.6. The van der Waals surface area contributed by atoms with E-state index in [1.54, 1.807) is 26.2 Å². The van der Waals surface area contributed by atoms with Crippen LogP contribution in [0.25, 0.3) is 0 Å². The SMILES string of the molecule is CCC(NC(=O)OC(C)(C)C)C(=O)c1cnsc1. The Bertz CT molecular complexity index is 409. The number of nitrogens with one attached hydrogen (secondary N) is 1. The lowest BCUT2D eigenvalue weighted by Crippen LogP contribution is -2.43. The van der Waals surface area contributed by atoms with Gasteiger partial charge in [-0.2, -0.15) is 0 Å². The maximum atomic E-state index is 12.0. The molecule has 1 aromatic heterocycles. The van der Waals surface area contributed by atoms with Gasteiger partial charge in [-0.1, -0.05) is 6.92 Å². The van der Waals surface area contributed by atoms with Gasteiger partial charge < -0.3 is 10.1 Å². The summed E-state index contributed by atoms with van der Waals surface area (Å²) in [6.07, 6.45) is 1.44. The molecule has 1 rings (SSSR count). The van der Waals surface area contributed by atoms with Gasteiger partial charge in [0.25, 0.3) is 0 Å². The predicted octanol–water partition coefficient (Wildman–Crippen LogP) is 2.63. The number of rotatable bonds is 4. The fourth-order valence-corrected chi connectivity index (χ4v) is 1.86. The minimum absolute atomic E-state index is 0.142. The molecule has 1 aromatic rings. The van der Waals surface area contributed by atoms with Crippen molar-refractivity contribution in [3.63, 3.8) is 0 Å². The van der Waals surface area contributed by atoms with Crippen molar-refractivity contribution in [1.29, 1.82) is 0 Å². The number of Topliss-reactive ketones (excluding diaryl/α,β-unsaturated/α-hetero) is 1. The molecule has 0 aromatic carbocycles. The fourth-order valence-electron chi connectivity index (χ4n) is 1.33. The van der Waals surface area contributed by atoms with Gasteiger partial charge in [0.1, 0.15) is 5.60 Å². The molecule has 1 unspecified atom stereocenters. The molecule has 1 N–H and O–H groups in total. The van der Waals surface area contributed by atoms with Crippen LogP contribution in [0.1, 0.15) is 44.5 Å². The van der Waals surface area contributed by atoms with E-state index in [1.807, 2.05) is 6.92 Å². The van der Waals surface area contributed by atoms with E-state index in [1.165, 1.54) is 17.7 Å². The quantitative estimate of drug-likeness (QED) is 0.854. The Labute approximate surface area is 111 Å². The van der Waals surface area contributed by atoms with Crippen molar-refractivity contribution in [3.8, 4) is 0 Å². The standard InChI is InChI=1S/C12H18N2O3S/c1-5-9(10(15)8-6-13-18-7-8)14-11(16)17-12(2,3)4/h6-7,9H,5H2,1-4H3,(H,14,16). The van der Waals surface area contributed by atoms with E-state index < -0.39 is 17.7 Å². The monoisotopic (exact) mass is 270 g/mol. The van der Waals surface area contributed by atoms with Crippen molar-refractivity contribution < 1.29 is 14.3 Å². The van der Waals surface area contributed by atoms with Crippen molar-refractivity contribution in [2.75, 3.05) is 0 Å². The van der Waals surface area contributed by atoms with Crippen LogP contribution in [0.5, 0.6) is 0 Å². The largest absolute Gasteiger partial charge is 0.444 e. The van der Waals surface area contributed by atoms with E-state index in [4.69, 9.17) is 4.74 Å². The van der Waals surface area contributed by atoms with Gasteiger partial charge >= 0.3 is 6.09 Å². The first-order valence-electron chi connectivity index (χ1n) is 5.76. The molecule has 0 radical (unpaired) electrons. The van der Waals surface area contributed by atoms with Crippen molar-refractivity contribution in [2.45, 2.75) is 45.8 Å². The molecular formula is C12H18N2O3S. The zero-order chi connectivity index (χ0) is 13.8. The Hall–Kier alpha value is -1.43. The first-order chi connectivity index (χ1) is 8.33. The summed E-state index contributed by atoms with van der Waals surface area (Å²) in [6.45, 7) is 7.16. The molecular weight excluding hydrogens is 252 g/mol. The predicted molar refractivity (Wildman–Crippen MR) is 69.9 cm³/mol. The molecule has 1 atom stereocenters. The molecule has 18 heavy (non-hydrogen) atoms. The molecule has 0 spiro atoms. The third kappa shape index (κ3) is 4.44. The summed E-state index contributed by atoms with van der Waals surface area (Å²) in [7, 11) is 0. The van der Waals surface area contributed by atoms with Gasteiger partial charge in [0, 0.05) is 5.38 Å². The summed E-state index contributed by atoms with van der Waals surface area (Å²) >= 11 is 1.21. The molecule has 0 aliphatic carbocycles. The van der Waals surface area contributed by atoms with Crippen LogP contribution in [0.2, 0.25) is 0 Å². The number of hydrogen-bond donors (Lipinski definition) is 1. The minimum Gasteiger partial charge on any atom is -0.444 e. The topological polar surface area (TPSA) is 68.3 Å². The number of amides is 1. The van der Waals surface area contributed by atoms with Gasteiger partial charge in [0.15, 0.2) is 5.78 Å². The molecule has 6 heteroatoms. The second-order valence-corrected chi connectivity index (χ2v) is 5.54. The Morgan fingerprint density at radius 1 is 1.50 bits per heavy atom. The van der Waals surface area contributed by atoms with E-state index in [0.717, 1.165) is 0 Å². The maximum Gasteiger partial charge on any atom is 0.408 e. The molecule has 100 valence electrons. The highest BCUT2D eigenvalue weighted by Crippen LogP contribution is 2.10. The molecule has 0 bridgehead atoms. The minimum atomic E-state index is -0.578. The number of ketones is 1. The number of alkyl carbamates (subject to hydrolysis) is 1. The van der Waals surface area contributed by atoms with E-state index in [9.17, 15) is 9.59 Å². The lowest BCUT2D eigenvalue weighted by atomic mass is 10.1. The van der Waals surface area contributed by atoms with Crippen LogP contribution in [0.15, 0.2) is 11.6 Å². The average molecular weight is 270 g/mol. The fraction of sp³-hybridized carbons (Fsp3) is 0.583. The van der Waals surface area contributed by atoms with Gasteiger partial charge in [0.2, 0.25) is 0 Å². The molecule has 0 saturated heterocycles. The highest BCUT2D eigenvalue weighted by atomic mass is 32.1. The zero-order valence-corrected chi connectivity index (χ0v) is 11.8. The Morgan fingerprint density at radius 3 is 2.61 bits per heavy atom. The molecule has 0 saturated carbocycles. The third-order valence-electron chi connectivity index (χ3n) is 2.13. The van der Waals surface area contributed by atoms with Gasteiger partial charge in [-0.3, -0.25) is 4.79 Å². The highest BCUT2D eigenvalue weighted by Gasteiger charge is 2.24. The number of carbonyl (C=O) groups is 2. The van der Waals surface area contributed by atoms with Gasteiger partial charge in [-0.15, -0.1) is 0 Å². The van der Waals surface area contributed by atoms with Crippen LogP contribution in [0, 0.1) is 0 Å². The number of ether oxygens (including phenoxy) is 1. The lowest BCUT2D eigenvalue weighted by molar-refractivity contribution is 0.0490. The second kappa shape index (κ2) is 5.95. The summed E-state index contributed by atoms with van der Waals surface area (Å²) in [6, 6.07) is -0.573. The maximum absolute atomic E-state index is 12.0. The molecule has 1 heterocycles. The first-order valence-corrected chi connectivity index (χ1v) is 6.60. The normalized spacial score (nSPS) is 12.9. The Morgan fingerprint density at radius 2 is 2.17 bits per heavy atom. The molecule has 1 amide bonds. The van der Waals surface area contributed by atoms with E-state index in [-0.39, 0.29) is 5.78 Å². The van der Waals surface area contributed by atoms with Gasteiger partial charge in [-0.05, 0) is 38.7 Å². The molecule has 0 aliphatic rings. The summed E-state index contributed by atoms with van der Waals surface area (Å²) < 4.78 is 9.00. The van der Waals surface area contributed by atoms with Crippen molar-refractivity contribution in [3.05, 3.63) is 17.1 Å². The van der Waals surface area contributed by atoms with Crippen LogP contribution < -0.4 is 5.32 Å². The molecule has 5 nitrogen and oxygen atoms in total. The number of hydrogen-bond acceptors (Lipinski definition) is 5. The molecule has 0 aliphatic heterocycles. The van der Waals surface area contributed by atoms with Gasteiger partial charge in [0.05, 0.1) is 17.8 Å². The van der Waals surface area contributed by atoms with Gasteiger partial charge in [-0.25, -0.2) is 9.17 Å². The van der Waals surface area contributed by atoms with Crippen molar-refractivity contribution in [2.24, 2.45) is 0 Å². The average Bonchev–Trinajstić information content (AvgIpc) is 2.75. The van der Waals surface area contributed by atoms with Crippen LogP contribution in [-0.2, 0) is 4.74 Å². The van der Waals surface area contributed by atoms with Crippen molar-refractivity contribution >= 4 is 23.4 Å². The summed E-state index contributed by atoms with van der Waals surface area (Å²) in [5.74, 6) is -0.142. The summed E-state index contributed by atoms with van der Waals surface area (Å²) in [5.41, 5.74) is -0.0575. The third-order valence-corrected chi connectivity index (χ3v) is 2.72. The number of nitrogens with zero attached hydrogens (tertiary/aromatic N) is 1.